The van der Waals surface area contributed by atoms with Crippen LogP contribution in [0.3, 0.4) is 0 Å². The van der Waals surface area contributed by atoms with Crippen molar-refractivity contribution in [1.29, 1.82) is 5.26 Å². The summed E-state index contributed by atoms with van der Waals surface area (Å²) >= 11 is 0. The number of aromatic nitrogens is 2. The Morgan fingerprint density at radius 1 is 1.11 bits per heavy atom. The lowest BCUT2D eigenvalue weighted by Gasteiger charge is -2.35. The number of hydrogen-bond donors (Lipinski definition) is 0. The Morgan fingerprint density at radius 3 is 2.44 bits per heavy atom. The zero-order valence-corrected chi connectivity index (χ0v) is 16.6. The Hall–Kier alpha value is -2.50. The molecule has 3 rings (SSSR count). The fraction of sp³-hybridized carbons (Fsp3) is 0.421. The molecule has 1 aromatic heterocycles. The Kier molecular flexibility index (Phi) is 5.44. The number of nitriles is 1. The van der Waals surface area contributed by atoms with Gasteiger partial charge in [0.2, 0.25) is 10.0 Å². The van der Waals surface area contributed by atoms with E-state index in [4.69, 9.17) is 5.26 Å². The summed E-state index contributed by atoms with van der Waals surface area (Å²) in [6.45, 7) is 7.92. The second kappa shape index (κ2) is 7.62. The van der Waals surface area contributed by atoms with Crippen molar-refractivity contribution in [2.24, 2.45) is 0 Å². The third-order valence-corrected chi connectivity index (χ3v) is 6.43. The van der Waals surface area contributed by atoms with Gasteiger partial charge in [-0.3, -0.25) is 0 Å². The van der Waals surface area contributed by atoms with E-state index >= 15 is 0 Å². The van der Waals surface area contributed by atoms with E-state index in [1.807, 2.05) is 19.1 Å². The van der Waals surface area contributed by atoms with E-state index in [9.17, 15) is 8.42 Å². The van der Waals surface area contributed by atoms with Gasteiger partial charge in [0.15, 0.2) is 0 Å². The van der Waals surface area contributed by atoms with Crippen molar-refractivity contribution < 1.29 is 8.42 Å². The summed E-state index contributed by atoms with van der Waals surface area (Å²) in [6.07, 6.45) is 0. The van der Waals surface area contributed by atoms with Crippen LogP contribution < -0.4 is 4.90 Å². The highest BCUT2D eigenvalue weighted by Gasteiger charge is 2.29. The molecule has 0 N–H and O–H groups in total. The van der Waals surface area contributed by atoms with Crippen molar-refractivity contribution >= 4 is 15.8 Å². The Labute approximate surface area is 160 Å². The maximum atomic E-state index is 12.9. The van der Waals surface area contributed by atoms with Crippen LogP contribution in [0.1, 0.15) is 36.8 Å². The van der Waals surface area contributed by atoms with Crippen molar-refractivity contribution in [2.75, 3.05) is 31.1 Å². The molecule has 2 heterocycles. The monoisotopic (exact) mass is 385 g/mol. The maximum Gasteiger partial charge on any atom is 0.243 e. The van der Waals surface area contributed by atoms with Crippen LogP contribution in [0.5, 0.6) is 0 Å². The molecular weight excluding hydrogens is 362 g/mol. The maximum absolute atomic E-state index is 12.9. The average Bonchev–Trinajstić information content (AvgIpc) is 2.67. The zero-order chi connectivity index (χ0) is 19.6. The third-order valence-electron chi connectivity index (χ3n) is 4.54. The molecule has 0 amide bonds. The van der Waals surface area contributed by atoms with Crippen LogP contribution in [0.2, 0.25) is 0 Å². The molecule has 1 fully saturated rings. The molecule has 1 aliphatic heterocycles. The van der Waals surface area contributed by atoms with Crippen LogP contribution in [0, 0.1) is 18.3 Å². The smallest absolute Gasteiger partial charge is 0.243 e. The van der Waals surface area contributed by atoms with Crippen molar-refractivity contribution in [1.82, 2.24) is 14.3 Å². The number of anilines is 1. The number of aryl methyl sites for hydroxylation is 1. The first-order chi connectivity index (χ1) is 12.8. The van der Waals surface area contributed by atoms with Crippen LogP contribution >= 0.6 is 0 Å². The van der Waals surface area contributed by atoms with Crippen molar-refractivity contribution in [2.45, 2.75) is 31.6 Å². The number of hydrogen-bond acceptors (Lipinski definition) is 6. The molecule has 142 valence electrons. The van der Waals surface area contributed by atoms with Gasteiger partial charge in [-0.25, -0.2) is 18.4 Å². The number of rotatable bonds is 4. The van der Waals surface area contributed by atoms with Gasteiger partial charge in [-0.1, -0.05) is 19.9 Å². The second-order valence-electron chi connectivity index (χ2n) is 6.91. The van der Waals surface area contributed by atoms with Gasteiger partial charge in [-0.2, -0.15) is 9.57 Å². The van der Waals surface area contributed by atoms with E-state index in [2.05, 4.69) is 28.7 Å². The van der Waals surface area contributed by atoms with Crippen molar-refractivity contribution in [3.63, 3.8) is 0 Å². The molecule has 27 heavy (non-hydrogen) atoms. The van der Waals surface area contributed by atoms with Crippen molar-refractivity contribution in [3.8, 4) is 6.07 Å². The minimum atomic E-state index is -3.61. The standard InChI is InChI=1S/C19H23N5O2S/c1-14(2)19-21-15(3)11-18(22-19)23-7-9-24(10-8-23)27(25,26)17-6-4-5-16(12-17)13-20/h4-6,11-12,14H,7-10H2,1-3H3. The lowest BCUT2D eigenvalue weighted by Crippen LogP contribution is -2.49. The fourth-order valence-corrected chi connectivity index (χ4v) is 4.50. The highest BCUT2D eigenvalue weighted by molar-refractivity contribution is 7.89. The molecule has 7 nitrogen and oxygen atoms in total. The average molecular weight is 385 g/mol. The summed E-state index contributed by atoms with van der Waals surface area (Å²) in [5.74, 6) is 1.88. The number of sulfonamides is 1. The normalized spacial score (nSPS) is 15.7. The van der Waals surface area contributed by atoms with Gasteiger partial charge in [-0.05, 0) is 25.1 Å². The van der Waals surface area contributed by atoms with Gasteiger partial charge in [-0.15, -0.1) is 0 Å². The van der Waals surface area contributed by atoms with E-state index < -0.39 is 10.0 Å². The molecule has 0 radical (unpaired) electrons. The number of nitrogens with zero attached hydrogens (tertiary/aromatic N) is 5. The SMILES string of the molecule is Cc1cc(N2CCN(S(=O)(=O)c3cccc(C#N)c3)CC2)nc(C(C)C)n1. The molecular formula is C19H23N5O2S. The lowest BCUT2D eigenvalue weighted by atomic mass is 10.2. The lowest BCUT2D eigenvalue weighted by molar-refractivity contribution is 0.383. The summed E-state index contributed by atoms with van der Waals surface area (Å²) in [6, 6.07) is 10.1. The summed E-state index contributed by atoms with van der Waals surface area (Å²) in [5, 5.41) is 9.01. The summed E-state index contributed by atoms with van der Waals surface area (Å²) in [5.41, 5.74) is 1.25. The van der Waals surface area contributed by atoms with Gasteiger partial charge in [0, 0.05) is 43.9 Å². The Bertz CT molecular complexity index is 974. The first-order valence-corrected chi connectivity index (χ1v) is 10.4. The molecule has 1 aliphatic rings. The first kappa shape index (κ1) is 19.3. The van der Waals surface area contributed by atoms with Crippen LogP contribution in [0.4, 0.5) is 5.82 Å². The summed E-state index contributed by atoms with van der Waals surface area (Å²) in [7, 11) is -3.61. The molecule has 0 spiro atoms. The second-order valence-corrected chi connectivity index (χ2v) is 8.85. The Balaban J connectivity index is 1.76. The summed E-state index contributed by atoms with van der Waals surface area (Å²) in [4.78, 5) is 11.4. The van der Waals surface area contributed by atoms with Crippen LogP contribution in [0.25, 0.3) is 0 Å². The first-order valence-electron chi connectivity index (χ1n) is 8.92. The van der Waals surface area contributed by atoms with Gasteiger partial charge < -0.3 is 4.90 Å². The zero-order valence-electron chi connectivity index (χ0n) is 15.8. The van der Waals surface area contributed by atoms with Crippen LogP contribution in [-0.2, 0) is 10.0 Å². The third kappa shape index (κ3) is 4.10. The molecule has 1 aromatic carbocycles. The molecule has 0 saturated carbocycles. The predicted molar refractivity (Wildman–Crippen MR) is 103 cm³/mol. The Morgan fingerprint density at radius 2 is 1.81 bits per heavy atom. The minimum absolute atomic E-state index is 0.162. The molecule has 0 bridgehead atoms. The largest absolute Gasteiger partial charge is 0.354 e. The molecule has 0 unspecified atom stereocenters. The molecule has 8 heteroatoms. The predicted octanol–water partition coefficient (Wildman–Crippen LogP) is 2.29. The molecule has 2 aromatic rings. The minimum Gasteiger partial charge on any atom is -0.354 e. The van der Waals surface area contributed by atoms with Crippen LogP contribution in [0.15, 0.2) is 35.2 Å². The number of benzene rings is 1. The van der Waals surface area contributed by atoms with E-state index in [0.717, 1.165) is 17.3 Å². The fourth-order valence-electron chi connectivity index (χ4n) is 3.03. The van der Waals surface area contributed by atoms with Gasteiger partial charge in [0.25, 0.3) is 0 Å². The summed E-state index contributed by atoms with van der Waals surface area (Å²) < 4.78 is 27.2. The topological polar surface area (TPSA) is 90.2 Å². The van der Waals surface area contributed by atoms with E-state index in [0.29, 0.717) is 31.7 Å². The highest BCUT2D eigenvalue weighted by atomic mass is 32.2. The van der Waals surface area contributed by atoms with Crippen LogP contribution in [-0.4, -0.2) is 48.9 Å². The van der Waals surface area contributed by atoms with E-state index in [-0.39, 0.29) is 10.8 Å². The van der Waals surface area contributed by atoms with E-state index in [1.54, 1.807) is 12.1 Å². The van der Waals surface area contributed by atoms with Gasteiger partial charge in [0.1, 0.15) is 11.6 Å². The van der Waals surface area contributed by atoms with Gasteiger partial charge in [0.05, 0.1) is 16.5 Å². The quantitative estimate of drug-likeness (QED) is 0.802. The molecule has 0 aliphatic carbocycles. The van der Waals surface area contributed by atoms with Crippen molar-refractivity contribution in [3.05, 3.63) is 47.4 Å². The highest BCUT2D eigenvalue weighted by Crippen LogP contribution is 2.22. The molecule has 0 atom stereocenters. The van der Waals surface area contributed by atoms with Gasteiger partial charge >= 0.3 is 0 Å². The number of piperazine rings is 1. The van der Waals surface area contributed by atoms with E-state index in [1.165, 1.54) is 16.4 Å². The molecule has 1 saturated heterocycles.